The number of ether oxygens (including phenoxy) is 1. The predicted octanol–water partition coefficient (Wildman–Crippen LogP) is 4.27. The molecule has 0 aliphatic heterocycles. The van der Waals surface area contributed by atoms with Crippen molar-refractivity contribution < 1.29 is 9.53 Å². The highest BCUT2D eigenvalue weighted by Crippen LogP contribution is 2.34. The number of amides is 1. The molecule has 1 aromatic heterocycles. The van der Waals surface area contributed by atoms with Crippen molar-refractivity contribution in [1.82, 2.24) is 14.9 Å². The van der Waals surface area contributed by atoms with Gasteiger partial charge >= 0.3 is 6.09 Å². The molecule has 130 valence electrons. The quantitative estimate of drug-likeness (QED) is 0.895. The zero-order valence-electron chi connectivity index (χ0n) is 15.2. The molecule has 1 saturated carbocycles. The van der Waals surface area contributed by atoms with Crippen LogP contribution in [0.25, 0.3) is 11.0 Å². The highest BCUT2D eigenvalue weighted by atomic mass is 16.6. The zero-order chi connectivity index (χ0) is 17.5. The number of fused-ring (bicyclic) bond motifs is 1. The molecule has 3 rings (SSSR count). The van der Waals surface area contributed by atoms with Gasteiger partial charge in [0.2, 0.25) is 0 Å². The Balaban J connectivity index is 1.72. The van der Waals surface area contributed by atoms with Crippen LogP contribution < -0.4 is 5.32 Å². The molecule has 1 aliphatic carbocycles. The summed E-state index contributed by atoms with van der Waals surface area (Å²) < 4.78 is 7.69. The van der Waals surface area contributed by atoms with E-state index in [-0.39, 0.29) is 12.1 Å². The average molecular weight is 329 g/mol. The summed E-state index contributed by atoms with van der Waals surface area (Å²) in [6.07, 6.45) is 2.60. The summed E-state index contributed by atoms with van der Waals surface area (Å²) in [5, 5.41) is 3.01. The second-order valence-electron chi connectivity index (χ2n) is 7.83. The van der Waals surface area contributed by atoms with E-state index in [1.165, 1.54) is 11.1 Å². The molecule has 2 atom stereocenters. The number of carbonyl (C=O) groups is 1. The monoisotopic (exact) mass is 329 g/mol. The molecule has 1 aromatic carbocycles. The maximum atomic E-state index is 12.0. The molecule has 0 saturated heterocycles. The van der Waals surface area contributed by atoms with Crippen LogP contribution in [0.4, 0.5) is 4.79 Å². The lowest BCUT2D eigenvalue weighted by Gasteiger charge is -2.22. The van der Waals surface area contributed by atoms with Gasteiger partial charge in [-0.3, -0.25) is 0 Å². The molecule has 24 heavy (non-hydrogen) atoms. The maximum absolute atomic E-state index is 12.0. The van der Waals surface area contributed by atoms with E-state index in [1.54, 1.807) is 0 Å². The molecule has 1 fully saturated rings. The van der Waals surface area contributed by atoms with Crippen LogP contribution in [0.1, 0.15) is 57.5 Å². The Labute approximate surface area is 143 Å². The first-order valence-corrected chi connectivity index (χ1v) is 8.67. The third-order valence-corrected chi connectivity index (χ3v) is 4.51. The first kappa shape index (κ1) is 16.8. The van der Waals surface area contributed by atoms with Crippen molar-refractivity contribution in [2.75, 3.05) is 0 Å². The van der Waals surface area contributed by atoms with E-state index in [0.717, 1.165) is 30.6 Å². The van der Waals surface area contributed by atoms with E-state index < -0.39 is 5.60 Å². The van der Waals surface area contributed by atoms with Crippen LogP contribution in [0.3, 0.4) is 0 Å². The van der Waals surface area contributed by atoms with Crippen LogP contribution in [0, 0.1) is 13.8 Å². The normalized spacial score (nSPS) is 21.2. The SMILES string of the molecule is Cc1ccc2c(c1)nc(C)n2[C@@H]1CC[C@@H](NC(=O)OC(C)(C)C)C1. The number of hydrogen-bond donors (Lipinski definition) is 1. The molecule has 0 bridgehead atoms. The smallest absolute Gasteiger partial charge is 0.407 e. The summed E-state index contributed by atoms with van der Waals surface area (Å²) in [6, 6.07) is 6.94. The second-order valence-corrected chi connectivity index (χ2v) is 7.83. The van der Waals surface area contributed by atoms with Crippen molar-refractivity contribution in [2.45, 2.75) is 71.6 Å². The number of rotatable bonds is 2. The second kappa shape index (κ2) is 6.11. The van der Waals surface area contributed by atoms with Gasteiger partial charge in [0, 0.05) is 12.1 Å². The molecule has 5 nitrogen and oxygen atoms in total. The van der Waals surface area contributed by atoms with Crippen LogP contribution >= 0.6 is 0 Å². The van der Waals surface area contributed by atoms with E-state index in [9.17, 15) is 4.79 Å². The standard InChI is InChI=1S/C19H27N3O2/c1-12-6-9-17-16(10-12)20-13(2)22(17)15-8-7-14(11-15)21-18(23)24-19(3,4)5/h6,9-10,14-15H,7-8,11H2,1-5H3,(H,21,23)/t14-,15-/m1/s1. The highest BCUT2D eigenvalue weighted by molar-refractivity contribution is 5.77. The van der Waals surface area contributed by atoms with Crippen molar-refractivity contribution >= 4 is 17.1 Å². The van der Waals surface area contributed by atoms with Gasteiger partial charge in [-0.2, -0.15) is 0 Å². The van der Waals surface area contributed by atoms with Crippen LogP contribution in [-0.2, 0) is 4.74 Å². The number of nitrogens with one attached hydrogen (secondary N) is 1. The summed E-state index contributed by atoms with van der Waals surface area (Å²) in [7, 11) is 0. The van der Waals surface area contributed by atoms with Gasteiger partial charge in [0.1, 0.15) is 11.4 Å². The van der Waals surface area contributed by atoms with Crippen LogP contribution in [0.2, 0.25) is 0 Å². The van der Waals surface area contributed by atoms with Gasteiger partial charge in [0.05, 0.1) is 11.0 Å². The third-order valence-electron chi connectivity index (χ3n) is 4.51. The number of carbonyl (C=O) groups excluding carboxylic acids is 1. The van der Waals surface area contributed by atoms with Crippen LogP contribution in [-0.4, -0.2) is 27.3 Å². The number of hydrogen-bond acceptors (Lipinski definition) is 3. The van der Waals surface area contributed by atoms with Crippen molar-refractivity contribution in [1.29, 1.82) is 0 Å². The van der Waals surface area contributed by atoms with Gasteiger partial charge in [0.25, 0.3) is 0 Å². The highest BCUT2D eigenvalue weighted by Gasteiger charge is 2.30. The van der Waals surface area contributed by atoms with Gasteiger partial charge in [-0.1, -0.05) is 6.07 Å². The Morgan fingerprint density at radius 3 is 2.75 bits per heavy atom. The lowest BCUT2D eigenvalue weighted by atomic mass is 10.2. The number of aryl methyl sites for hydroxylation is 2. The van der Waals surface area contributed by atoms with E-state index in [0.29, 0.717) is 6.04 Å². The van der Waals surface area contributed by atoms with Gasteiger partial charge in [0.15, 0.2) is 0 Å². The van der Waals surface area contributed by atoms with Crippen LogP contribution in [0.5, 0.6) is 0 Å². The fourth-order valence-corrected chi connectivity index (χ4v) is 3.59. The molecule has 1 heterocycles. The van der Waals surface area contributed by atoms with E-state index in [2.05, 4.69) is 41.9 Å². The maximum Gasteiger partial charge on any atom is 0.407 e. The summed E-state index contributed by atoms with van der Waals surface area (Å²) in [4.78, 5) is 16.7. The van der Waals surface area contributed by atoms with Crippen molar-refractivity contribution in [3.63, 3.8) is 0 Å². The van der Waals surface area contributed by atoms with E-state index in [1.807, 2.05) is 20.8 Å². The Kier molecular flexibility index (Phi) is 4.28. The number of nitrogens with zero attached hydrogens (tertiary/aromatic N) is 2. The molecular weight excluding hydrogens is 302 g/mol. The number of alkyl carbamates (subject to hydrolysis) is 1. The van der Waals surface area contributed by atoms with E-state index >= 15 is 0 Å². The fourth-order valence-electron chi connectivity index (χ4n) is 3.59. The molecule has 0 radical (unpaired) electrons. The molecule has 0 unspecified atom stereocenters. The Morgan fingerprint density at radius 2 is 2.04 bits per heavy atom. The molecule has 2 aromatic rings. The summed E-state index contributed by atoms with van der Waals surface area (Å²) in [5.74, 6) is 1.04. The Hall–Kier alpha value is -2.04. The minimum atomic E-state index is -0.461. The summed E-state index contributed by atoms with van der Waals surface area (Å²) in [5.41, 5.74) is 3.00. The van der Waals surface area contributed by atoms with Crippen molar-refractivity contribution in [3.05, 3.63) is 29.6 Å². The van der Waals surface area contributed by atoms with Gasteiger partial charge in [-0.25, -0.2) is 9.78 Å². The molecular formula is C19H27N3O2. The molecule has 1 aliphatic rings. The number of benzene rings is 1. The number of imidazole rings is 1. The lowest BCUT2D eigenvalue weighted by Crippen LogP contribution is -2.38. The largest absolute Gasteiger partial charge is 0.444 e. The first-order chi connectivity index (χ1) is 11.2. The first-order valence-electron chi connectivity index (χ1n) is 8.67. The Morgan fingerprint density at radius 1 is 1.29 bits per heavy atom. The average Bonchev–Trinajstić information content (AvgIpc) is 2.99. The molecule has 0 spiro atoms. The zero-order valence-corrected chi connectivity index (χ0v) is 15.2. The molecule has 1 amide bonds. The van der Waals surface area contributed by atoms with Gasteiger partial charge in [-0.05, 0) is 71.6 Å². The third kappa shape index (κ3) is 3.55. The van der Waals surface area contributed by atoms with Crippen LogP contribution in [0.15, 0.2) is 18.2 Å². The number of aromatic nitrogens is 2. The molecule has 5 heteroatoms. The lowest BCUT2D eigenvalue weighted by molar-refractivity contribution is 0.0505. The van der Waals surface area contributed by atoms with E-state index in [4.69, 9.17) is 9.72 Å². The van der Waals surface area contributed by atoms with Gasteiger partial charge < -0.3 is 14.6 Å². The predicted molar refractivity (Wildman–Crippen MR) is 95.3 cm³/mol. The Bertz CT molecular complexity index is 758. The van der Waals surface area contributed by atoms with Crippen molar-refractivity contribution in [3.8, 4) is 0 Å². The summed E-state index contributed by atoms with van der Waals surface area (Å²) >= 11 is 0. The summed E-state index contributed by atoms with van der Waals surface area (Å²) in [6.45, 7) is 9.79. The van der Waals surface area contributed by atoms with Gasteiger partial charge in [-0.15, -0.1) is 0 Å². The minimum absolute atomic E-state index is 0.159. The minimum Gasteiger partial charge on any atom is -0.444 e. The van der Waals surface area contributed by atoms with Crippen molar-refractivity contribution in [2.24, 2.45) is 0 Å². The topological polar surface area (TPSA) is 56.2 Å². The molecule has 1 N–H and O–H groups in total. The fraction of sp³-hybridized carbons (Fsp3) is 0.579.